The van der Waals surface area contributed by atoms with E-state index in [1.807, 2.05) is 6.08 Å². The molecular weight excluding hydrogens is 282 g/mol. The van der Waals surface area contributed by atoms with Crippen molar-refractivity contribution in [1.29, 1.82) is 0 Å². The lowest BCUT2D eigenvalue weighted by Crippen LogP contribution is -2.18. The average Bonchev–Trinajstić information content (AvgIpc) is 2.49. The van der Waals surface area contributed by atoms with Crippen molar-refractivity contribution in [2.75, 3.05) is 6.54 Å². The minimum atomic E-state index is -1.26. The van der Waals surface area contributed by atoms with Gasteiger partial charge in [-0.15, -0.1) is 5.54 Å². The Morgan fingerprint density at radius 2 is 1.82 bits per heavy atom. The monoisotopic (exact) mass is 307 g/mol. The van der Waals surface area contributed by atoms with Gasteiger partial charge in [-0.05, 0) is 29.3 Å². The molecule has 0 saturated heterocycles. The summed E-state index contributed by atoms with van der Waals surface area (Å²) >= 11 is 0. The molecule has 0 saturated carbocycles. The standard InChI is InChI=1S/C20H25NSi/c1-17(21-15-8-5-9-16-22(2,3)4)19-14-10-12-18-11-6-7-13-20(18)19/h5-8,10-14,17,21H,15H2,1-4H3/b8-5+. The van der Waals surface area contributed by atoms with E-state index in [4.69, 9.17) is 0 Å². The number of hydrogen-bond donors (Lipinski definition) is 1. The van der Waals surface area contributed by atoms with Crippen molar-refractivity contribution in [2.45, 2.75) is 32.6 Å². The molecule has 0 fully saturated rings. The average molecular weight is 308 g/mol. The minimum Gasteiger partial charge on any atom is -0.307 e. The van der Waals surface area contributed by atoms with Crippen LogP contribution in [0.1, 0.15) is 18.5 Å². The lowest BCUT2D eigenvalue weighted by Gasteiger charge is -2.15. The van der Waals surface area contributed by atoms with E-state index >= 15 is 0 Å². The third-order valence-corrected chi connectivity index (χ3v) is 4.37. The molecule has 1 nitrogen and oxygen atoms in total. The molecule has 1 atom stereocenters. The van der Waals surface area contributed by atoms with Gasteiger partial charge in [-0.25, -0.2) is 0 Å². The number of hydrogen-bond acceptors (Lipinski definition) is 1. The van der Waals surface area contributed by atoms with E-state index in [2.05, 4.69) is 91.9 Å². The number of benzene rings is 2. The zero-order chi connectivity index (χ0) is 16.0. The molecule has 1 unspecified atom stereocenters. The SMILES string of the molecule is CC(NC/C=C/C#C[Si](C)(C)C)c1cccc2ccccc12. The Kier molecular flexibility index (Phi) is 5.60. The Balaban J connectivity index is 1.98. The molecule has 0 radical (unpaired) electrons. The van der Waals surface area contributed by atoms with Gasteiger partial charge in [0, 0.05) is 12.6 Å². The van der Waals surface area contributed by atoms with Gasteiger partial charge in [-0.2, -0.15) is 0 Å². The number of nitrogens with one attached hydrogen (secondary N) is 1. The number of allylic oxidation sites excluding steroid dienone is 1. The molecule has 2 heteroatoms. The van der Waals surface area contributed by atoms with Gasteiger partial charge in [0.1, 0.15) is 8.07 Å². The second-order valence-corrected chi connectivity index (χ2v) is 11.4. The Morgan fingerprint density at radius 3 is 2.59 bits per heavy atom. The summed E-state index contributed by atoms with van der Waals surface area (Å²) in [6.45, 7) is 9.83. The van der Waals surface area contributed by atoms with E-state index in [1.54, 1.807) is 0 Å². The maximum Gasteiger partial charge on any atom is 0.129 e. The van der Waals surface area contributed by atoms with Gasteiger partial charge >= 0.3 is 0 Å². The molecule has 2 rings (SSSR count). The molecular formula is C20H25NSi. The van der Waals surface area contributed by atoms with E-state index in [-0.39, 0.29) is 0 Å². The lowest BCUT2D eigenvalue weighted by molar-refractivity contribution is 0.621. The van der Waals surface area contributed by atoms with Gasteiger partial charge in [0.05, 0.1) is 0 Å². The van der Waals surface area contributed by atoms with E-state index in [9.17, 15) is 0 Å². The van der Waals surface area contributed by atoms with Crippen LogP contribution in [0.3, 0.4) is 0 Å². The van der Waals surface area contributed by atoms with Crippen LogP contribution in [0.2, 0.25) is 19.6 Å². The molecule has 22 heavy (non-hydrogen) atoms. The molecule has 0 heterocycles. The molecule has 0 amide bonds. The van der Waals surface area contributed by atoms with Crippen molar-refractivity contribution in [3.05, 3.63) is 60.2 Å². The first-order chi connectivity index (χ1) is 10.5. The molecule has 0 aliphatic heterocycles. The molecule has 114 valence electrons. The largest absolute Gasteiger partial charge is 0.307 e. The summed E-state index contributed by atoms with van der Waals surface area (Å²) < 4.78 is 0. The predicted octanol–water partition coefficient (Wildman–Crippen LogP) is 4.93. The summed E-state index contributed by atoms with van der Waals surface area (Å²) in [5.41, 5.74) is 4.69. The van der Waals surface area contributed by atoms with Gasteiger partial charge in [0.2, 0.25) is 0 Å². The first-order valence-corrected chi connectivity index (χ1v) is 11.4. The highest BCUT2D eigenvalue weighted by atomic mass is 28.3. The summed E-state index contributed by atoms with van der Waals surface area (Å²) in [5.74, 6) is 3.16. The fourth-order valence-electron chi connectivity index (χ4n) is 2.36. The van der Waals surface area contributed by atoms with Crippen LogP contribution in [0, 0.1) is 11.5 Å². The Bertz CT molecular complexity index is 708. The molecule has 0 aromatic heterocycles. The zero-order valence-electron chi connectivity index (χ0n) is 14.0. The van der Waals surface area contributed by atoms with Gasteiger partial charge in [0.25, 0.3) is 0 Å². The summed E-state index contributed by atoms with van der Waals surface area (Å²) in [5, 5.41) is 6.17. The van der Waals surface area contributed by atoms with Crippen molar-refractivity contribution in [2.24, 2.45) is 0 Å². The van der Waals surface area contributed by atoms with Crippen LogP contribution in [0.4, 0.5) is 0 Å². The van der Waals surface area contributed by atoms with Crippen LogP contribution in [0.5, 0.6) is 0 Å². The fraction of sp³-hybridized carbons (Fsp3) is 0.300. The molecule has 0 spiro atoms. The topological polar surface area (TPSA) is 12.0 Å². The fourth-order valence-corrected chi connectivity index (χ4v) is 2.88. The van der Waals surface area contributed by atoms with Crippen molar-refractivity contribution in [1.82, 2.24) is 5.32 Å². The van der Waals surface area contributed by atoms with E-state index in [0.717, 1.165) is 6.54 Å². The Labute approximate surface area is 135 Å². The quantitative estimate of drug-likeness (QED) is 0.624. The second kappa shape index (κ2) is 7.44. The third kappa shape index (κ3) is 4.87. The number of rotatable bonds is 4. The van der Waals surface area contributed by atoms with Crippen LogP contribution in [-0.4, -0.2) is 14.6 Å². The highest BCUT2D eigenvalue weighted by molar-refractivity contribution is 6.83. The van der Waals surface area contributed by atoms with Crippen LogP contribution >= 0.6 is 0 Å². The summed E-state index contributed by atoms with van der Waals surface area (Å²) in [4.78, 5) is 0. The van der Waals surface area contributed by atoms with Crippen LogP contribution in [-0.2, 0) is 0 Å². The predicted molar refractivity (Wildman–Crippen MR) is 101 cm³/mol. The minimum absolute atomic E-state index is 0.320. The zero-order valence-corrected chi connectivity index (χ0v) is 15.0. The van der Waals surface area contributed by atoms with Crippen molar-refractivity contribution >= 4 is 18.8 Å². The van der Waals surface area contributed by atoms with Crippen molar-refractivity contribution in [3.63, 3.8) is 0 Å². The van der Waals surface area contributed by atoms with E-state index < -0.39 is 8.07 Å². The summed E-state index contributed by atoms with van der Waals surface area (Å²) in [6.07, 6.45) is 4.08. The Morgan fingerprint density at radius 1 is 1.09 bits per heavy atom. The highest BCUT2D eigenvalue weighted by Gasteiger charge is 2.07. The van der Waals surface area contributed by atoms with Gasteiger partial charge < -0.3 is 5.32 Å². The summed E-state index contributed by atoms with van der Waals surface area (Å²) in [7, 11) is -1.26. The van der Waals surface area contributed by atoms with Gasteiger partial charge in [0.15, 0.2) is 0 Å². The van der Waals surface area contributed by atoms with Crippen LogP contribution in [0.25, 0.3) is 10.8 Å². The highest BCUT2D eigenvalue weighted by Crippen LogP contribution is 2.23. The molecule has 0 aliphatic rings. The second-order valence-electron chi connectivity index (χ2n) is 6.62. The van der Waals surface area contributed by atoms with Crippen molar-refractivity contribution < 1.29 is 0 Å². The maximum atomic E-state index is 3.55. The normalized spacial score (nSPS) is 13.1. The molecule has 1 N–H and O–H groups in total. The third-order valence-electron chi connectivity index (χ3n) is 3.48. The number of fused-ring (bicyclic) bond motifs is 1. The first-order valence-electron chi connectivity index (χ1n) is 7.86. The maximum absolute atomic E-state index is 3.55. The van der Waals surface area contributed by atoms with E-state index in [0.29, 0.717) is 6.04 Å². The Hall–Kier alpha value is -1.82. The van der Waals surface area contributed by atoms with Crippen molar-refractivity contribution in [3.8, 4) is 11.5 Å². The molecule has 0 aliphatic carbocycles. The smallest absolute Gasteiger partial charge is 0.129 e. The molecule has 2 aromatic rings. The van der Waals surface area contributed by atoms with Gasteiger partial charge in [-0.1, -0.05) is 74.1 Å². The molecule has 2 aromatic carbocycles. The molecule has 0 bridgehead atoms. The van der Waals surface area contributed by atoms with E-state index in [1.165, 1.54) is 16.3 Å². The lowest BCUT2D eigenvalue weighted by atomic mass is 10.00. The first kappa shape index (κ1) is 16.5. The van der Waals surface area contributed by atoms with Crippen LogP contribution < -0.4 is 5.32 Å². The summed E-state index contributed by atoms with van der Waals surface area (Å²) in [6, 6.07) is 15.4. The van der Waals surface area contributed by atoms with Gasteiger partial charge in [-0.3, -0.25) is 0 Å². The van der Waals surface area contributed by atoms with Crippen LogP contribution in [0.15, 0.2) is 54.6 Å².